The Morgan fingerprint density at radius 2 is 1.63 bits per heavy atom. The van der Waals surface area contributed by atoms with Gasteiger partial charge in [-0.05, 0) is 24.3 Å². The molecule has 0 atom stereocenters. The SMILES string of the molecule is O=C(CSc1c(Cl)cccc1Cl)Nc1ccccc1. The van der Waals surface area contributed by atoms with Crippen molar-refractivity contribution in [3.8, 4) is 0 Å². The van der Waals surface area contributed by atoms with Gasteiger partial charge in [-0.25, -0.2) is 0 Å². The molecule has 0 aliphatic rings. The molecule has 1 N–H and O–H groups in total. The Bertz CT molecular complexity index is 555. The average Bonchev–Trinajstić information content (AvgIpc) is 2.39. The van der Waals surface area contributed by atoms with Crippen molar-refractivity contribution < 1.29 is 4.79 Å². The normalized spacial score (nSPS) is 10.2. The molecule has 0 spiro atoms. The predicted molar refractivity (Wildman–Crippen MR) is 82.3 cm³/mol. The van der Waals surface area contributed by atoms with Crippen molar-refractivity contribution in [1.29, 1.82) is 0 Å². The number of amides is 1. The van der Waals surface area contributed by atoms with Gasteiger partial charge in [0, 0.05) is 10.6 Å². The van der Waals surface area contributed by atoms with E-state index < -0.39 is 0 Å². The van der Waals surface area contributed by atoms with Crippen molar-refractivity contribution >= 4 is 46.6 Å². The molecule has 98 valence electrons. The van der Waals surface area contributed by atoms with Gasteiger partial charge in [-0.1, -0.05) is 47.5 Å². The Hall–Kier alpha value is -1.16. The maximum Gasteiger partial charge on any atom is 0.234 e. The fourth-order valence-corrected chi connectivity index (χ4v) is 2.96. The zero-order valence-corrected chi connectivity index (χ0v) is 12.2. The fraction of sp³-hybridized carbons (Fsp3) is 0.0714. The van der Waals surface area contributed by atoms with Crippen LogP contribution in [-0.4, -0.2) is 11.7 Å². The Morgan fingerprint density at radius 1 is 1.00 bits per heavy atom. The molecule has 1 amide bonds. The molecular weight excluding hydrogens is 301 g/mol. The number of thioether (sulfide) groups is 1. The maximum atomic E-state index is 11.8. The van der Waals surface area contributed by atoms with E-state index in [-0.39, 0.29) is 11.7 Å². The standard InChI is InChI=1S/C14H11Cl2NOS/c15-11-7-4-8-12(16)14(11)19-9-13(18)17-10-5-2-1-3-6-10/h1-8H,9H2,(H,17,18). The van der Waals surface area contributed by atoms with Gasteiger partial charge >= 0.3 is 0 Å². The Kier molecular flexibility index (Phi) is 5.14. The van der Waals surface area contributed by atoms with E-state index in [4.69, 9.17) is 23.2 Å². The zero-order valence-electron chi connectivity index (χ0n) is 9.90. The zero-order chi connectivity index (χ0) is 13.7. The third-order valence-corrected chi connectivity index (χ3v) is 4.31. The number of hydrogen-bond donors (Lipinski definition) is 1. The topological polar surface area (TPSA) is 29.1 Å². The summed E-state index contributed by atoms with van der Waals surface area (Å²) in [5.74, 6) is 0.172. The second-order valence-corrected chi connectivity index (χ2v) is 5.55. The minimum absolute atomic E-state index is 0.0906. The lowest BCUT2D eigenvalue weighted by atomic mass is 10.3. The summed E-state index contributed by atoms with van der Waals surface area (Å²) in [4.78, 5) is 12.5. The fourth-order valence-electron chi connectivity index (χ4n) is 1.48. The summed E-state index contributed by atoms with van der Waals surface area (Å²) in [5, 5.41) is 3.93. The van der Waals surface area contributed by atoms with Crippen LogP contribution in [0.25, 0.3) is 0 Å². The van der Waals surface area contributed by atoms with E-state index in [1.807, 2.05) is 30.3 Å². The molecule has 0 unspecified atom stereocenters. The summed E-state index contributed by atoms with van der Waals surface area (Å²) in [6.45, 7) is 0. The molecule has 0 aliphatic carbocycles. The summed E-state index contributed by atoms with van der Waals surface area (Å²) in [7, 11) is 0. The van der Waals surface area contributed by atoms with Gasteiger partial charge in [0.1, 0.15) is 0 Å². The number of rotatable bonds is 4. The minimum atomic E-state index is -0.0906. The number of nitrogens with one attached hydrogen (secondary N) is 1. The molecule has 0 saturated carbocycles. The van der Waals surface area contributed by atoms with Crippen LogP contribution in [0.15, 0.2) is 53.4 Å². The van der Waals surface area contributed by atoms with Crippen LogP contribution in [0.2, 0.25) is 10.0 Å². The van der Waals surface area contributed by atoms with Crippen LogP contribution < -0.4 is 5.32 Å². The predicted octanol–water partition coefficient (Wildman–Crippen LogP) is 4.72. The molecule has 0 aromatic heterocycles. The van der Waals surface area contributed by atoms with Gasteiger partial charge in [-0.15, -0.1) is 11.8 Å². The Balaban J connectivity index is 1.94. The van der Waals surface area contributed by atoms with Crippen molar-refractivity contribution in [3.63, 3.8) is 0 Å². The second kappa shape index (κ2) is 6.85. The first kappa shape index (κ1) is 14.3. The molecule has 2 aromatic rings. The van der Waals surface area contributed by atoms with Crippen LogP contribution >= 0.6 is 35.0 Å². The van der Waals surface area contributed by atoms with E-state index in [0.29, 0.717) is 10.0 Å². The maximum absolute atomic E-state index is 11.8. The van der Waals surface area contributed by atoms with Gasteiger partial charge in [-0.2, -0.15) is 0 Å². The summed E-state index contributed by atoms with van der Waals surface area (Å²) in [6, 6.07) is 14.6. The molecule has 2 rings (SSSR count). The molecule has 0 aliphatic heterocycles. The van der Waals surface area contributed by atoms with E-state index in [0.717, 1.165) is 10.6 Å². The average molecular weight is 312 g/mol. The largest absolute Gasteiger partial charge is 0.325 e. The van der Waals surface area contributed by atoms with E-state index in [2.05, 4.69) is 5.32 Å². The van der Waals surface area contributed by atoms with Crippen molar-refractivity contribution in [2.45, 2.75) is 4.90 Å². The summed E-state index contributed by atoms with van der Waals surface area (Å²) >= 11 is 13.4. The highest BCUT2D eigenvalue weighted by atomic mass is 35.5. The molecule has 5 heteroatoms. The number of anilines is 1. The third kappa shape index (κ3) is 4.16. The number of para-hydroxylation sites is 1. The second-order valence-electron chi connectivity index (χ2n) is 3.75. The molecule has 0 radical (unpaired) electrons. The molecule has 19 heavy (non-hydrogen) atoms. The summed E-state index contributed by atoms with van der Waals surface area (Å²) in [6.07, 6.45) is 0. The monoisotopic (exact) mass is 311 g/mol. The lowest BCUT2D eigenvalue weighted by Crippen LogP contribution is -2.13. The lowest BCUT2D eigenvalue weighted by Gasteiger charge is -2.07. The van der Waals surface area contributed by atoms with E-state index >= 15 is 0 Å². The van der Waals surface area contributed by atoms with Crippen LogP contribution in [0.5, 0.6) is 0 Å². The summed E-state index contributed by atoms with van der Waals surface area (Å²) < 4.78 is 0. The van der Waals surface area contributed by atoms with Crippen molar-refractivity contribution in [2.24, 2.45) is 0 Å². The molecule has 0 saturated heterocycles. The number of carbonyl (C=O) groups is 1. The first-order valence-corrected chi connectivity index (χ1v) is 7.32. The van der Waals surface area contributed by atoms with Crippen molar-refractivity contribution in [2.75, 3.05) is 11.1 Å². The number of carbonyl (C=O) groups excluding carboxylic acids is 1. The van der Waals surface area contributed by atoms with Gasteiger partial charge in [0.15, 0.2) is 0 Å². The molecule has 0 fully saturated rings. The van der Waals surface area contributed by atoms with Gasteiger partial charge in [-0.3, -0.25) is 4.79 Å². The van der Waals surface area contributed by atoms with Crippen LogP contribution in [0.3, 0.4) is 0 Å². The Labute approximate surface area is 126 Å². The van der Waals surface area contributed by atoms with Crippen LogP contribution in [0.1, 0.15) is 0 Å². The summed E-state index contributed by atoms with van der Waals surface area (Å²) in [5.41, 5.74) is 0.776. The van der Waals surface area contributed by atoms with Crippen molar-refractivity contribution in [1.82, 2.24) is 0 Å². The molecule has 0 heterocycles. The van der Waals surface area contributed by atoms with Gasteiger partial charge in [0.05, 0.1) is 15.8 Å². The first-order chi connectivity index (χ1) is 9.16. The van der Waals surface area contributed by atoms with E-state index in [1.165, 1.54) is 11.8 Å². The quantitative estimate of drug-likeness (QED) is 0.827. The molecule has 2 aromatic carbocycles. The van der Waals surface area contributed by atoms with Gasteiger partial charge in [0.25, 0.3) is 0 Å². The lowest BCUT2D eigenvalue weighted by molar-refractivity contribution is -0.113. The number of halogens is 2. The smallest absolute Gasteiger partial charge is 0.234 e. The highest BCUT2D eigenvalue weighted by molar-refractivity contribution is 8.00. The number of benzene rings is 2. The molecular formula is C14H11Cl2NOS. The number of hydrogen-bond acceptors (Lipinski definition) is 2. The van der Waals surface area contributed by atoms with Crippen LogP contribution in [0.4, 0.5) is 5.69 Å². The Morgan fingerprint density at radius 3 is 2.26 bits per heavy atom. The molecule has 0 bridgehead atoms. The van der Waals surface area contributed by atoms with Crippen LogP contribution in [-0.2, 0) is 4.79 Å². The van der Waals surface area contributed by atoms with Crippen LogP contribution in [0, 0.1) is 0 Å². The van der Waals surface area contributed by atoms with Gasteiger partial charge in [0.2, 0.25) is 5.91 Å². The van der Waals surface area contributed by atoms with Crippen molar-refractivity contribution in [3.05, 3.63) is 58.6 Å². The third-order valence-electron chi connectivity index (χ3n) is 2.32. The first-order valence-electron chi connectivity index (χ1n) is 5.58. The minimum Gasteiger partial charge on any atom is -0.325 e. The molecule has 2 nitrogen and oxygen atoms in total. The van der Waals surface area contributed by atoms with Gasteiger partial charge < -0.3 is 5.32 Å². The highest BCUT2D eigenvalue weighted by Crippen LogP contribution is 2.33. The van der Waals surface area contributed by atoms with E-state index in [9.17, 15) is 4.79 Å². The van der Waals surface area contributed by atoms with E-state index in [1.54, 1.807) is 18.2 Å². The highest BCUT2D eigenvalue weighted by Gasteiger charge is 2.09.